The molecular weight excluding hydrogens is 429 g/mol. The van der Waals surface area contributed by atoms with Crippen molar-refractivity contribution < 1.29 is 22.7 Å². The molecule has 1 aliphatic heterocycles. The summed E-state index contributed by atoms with van der Waals surface area (Å²) >= 11 is 9.75. The van der Waals surface area contributed by atoms with Crippen molar-refractivity contribution in [2.45, 2.75) is 18.2 Å². The first-order valence-electron chi connectivity index (χ1n) is 8.48. The maximum absolute atomic E-state index is 13.5. The van der Waals surface area contributed by atoms with Crippen LogP contribution in [0.4, 0.5) is 24.7 Å². The van der Waals surface area contributed by atoms with Crippen LogP contribution >= 0.6 is 23.8 Å². The second-order valence-electron chi connectivity index (χ2n) is 6.32. The second-order valence-corrected chi connectivity index (χ2v) is 7.20. The molecule has 3 N–H and O–H groups in total. The SMILES string of the molecule is NC(=S)c1cc(C(=O)Nc2ccc(OC(F)(F)Cl)cc2)cnc1N1CC[C@@H](F)C1. The Morgan fingerprint density at radius 3 is 2.62 bits per heavy atom. The van der Waals surface area contributed by atoms with Crippen LogP contribution in [0.15, 0.2) is 36.5 Å². The van der Waals surface area contributed by atoms with Gasteiger partial charge in [0.15, 0.2) is 0 Å². The van der Waals surface area contributed by atoms with Crippen molar-refractivity contribution in [1.29, 1.82) is 0 Å². The number of anilines is 2. The minimum atomic E-state index is -3.83. The van der Waals surface area contributed by atoms with Gasteiger partial charge in [0.2, 0.25) is 0 Å². The summed E-state index contributed by atoms with van der Waals surface area (Å²) in [4.78, 5) is 18.5. The number of benzene rings is 1. The van der Waals surface area contributed by atoms with Crippen LogP contribution < -0.4 is 20.7 Å². The van der Waals surface area contributed by atoms with E-state index >= 15 is 0 Å². The number of nitrogens with two attached hydrogens (primary N) is 1. The summed E-state index contributed by atoms with van der Waals surface area (Å²) in [5.74, 6) is -0.248. The fourth-order valence-electron chi connectivity index (χ4n) is 2.87. The summed E-state index contributed by atoms with van der Waals surface area (Å²) in [6.07, 6.45) is 0.768. The van der Waals surface area contributed by atoms with Crippen LogP contribution in [-0.2, 0) is 0 Å². The van der Waals surface area contributed by atoms with Gasteiger partial charge in [-0.2, -0.15) is 0 Å². The molecule has 1 saturated heterocycles. The van der Waals surface area contributed by atoms with Gasteiger partial charge in [0.1, 0.15) is 22.7 Å². The number of amides is 1. The van der Waals surface area contributed by atoms with Crippen molar-refractivity contribution in [1.82, 2.24) is 4.98 Å². The molecule has 0 radical (unpaired) electrons. The highest BCUT2D eigenvalue weighted by Gasteiger charge is 2.28. The lowest BCUT2D eigenvalue weighted by atomic mass is 10.1. The number of rotatable bonds is 6. The van der Waals surface area contributed by atoms with Crippen molar-refractivity contribution in [3.8, 4) is 5.75 Å². The van der Waals surface area contributed by atoms with Crippen LogP contribution in [0.25, 0.3) is 0 Å². The third kappa shape index (κ3) is 5.48. The molecule has 29 heavy (non-hydrogen) atoms. The number of hydrogen-bond donors (Lipinski definition) is 2. The van der Waals surface area contributed by atoms with E-state index in [0.717, 1.165) is 0 Å². The number of hydrogen-bond acceptors (Lipinski definition) is 5. The van der Waals surface area contributed by atoms with Crippen LogP contribution in [-0.4, -0.2) is 40.7 Å². The van der Waals surface area contributed by atoms with E-state index in [1.165, 1.54) is 36.5 Å². The maximum atomic E-state index is 13.5. The first kappa shape index (κ1) is 21.1. The average molecular weight is 445 g/mol. The van der Waals surface area contributed by atoms with Crippen LogP contribution in [0.2, 0.25) is 0 Å². The number of halogens is 4. The number of nitrogens with zero attached hydrogens (tertiary/aromatic N) is 2. The molecule has 1 fully saturated rings. The highest BCUT2D eigenvalue weighted by atomic mass is 35.5. The summed E-state index contributed by atoms with van der Waals surface area (Å²) < 4.78 is 43.0. The summed E-state index contributed by atoms with van der Waals surface area (Å²) in [5.41, 5.74) is 2.82. The lowest BCUT2D eigenvalue weighted by molar-refractivity contribution is -0.0964. The first-order valence-corrected chi connectivity index (χ1v) is 9.27. The standard InChI is InChI=1S/C18H16ClF3N4O2S/c19-18(21,22)28-13-3-1-12(2-4-13)25-17(27)10-7-14(15(23)29)16(24-8-10)26-6-5-11(20)9-26/h1-4,7-8,11H,5-6,9H2,(H2,23,29)(H,25,27)/t11-/m1/s1. The number of thiocarbonyl (C=S) groups is 1. The molecule has 0 aliphatic carbocycles. The summed E-state index contributed by atoms with van der Waals surface area (Å²) in [6, 6.07) is 6.69. The minimum absolute atomic E-state index is 0.0352. The topological polar surface area (TPSA) is 80.5 Å². The van der Waals surface area contributed by atoms with Crippen LogP contribution in [0.1, 0.15) is 22.3 Å². The van der Waals surface area contributed by atoms with Gasteiger partial charge in [0.25, 0.3) is 5.91 Å². The van der Waals surface area contributed by atoms with Gasteiger partial charge in [0.05, 0.1) is 17.7 Å². The number of aromatic nitrogens is 1. The molecule has 6 nitrogen and oxygen atoms in total. The fourth-order valence-corrected chi connectivity index (χ4v) is 3.11. The fraction of sp³-hybridized carbons (Fsp3) is 0.278. The third-order valence-electron chi connectivity index (χ3n) is 4.17. The highest BCUT2D eigenvalue weighted by molar-refractivity contribution is 7.80. The molecule has 0 bridgehead atoms. The molecule has 3 rings (SSSR count). The Morgan fingerprint density at radius 2 is 2.07 bits per heavy atom. The predicted molar refractivity (Wildman–Crippen MR) is 108 cm³/mol. The molecule has 1 atom stereocenters. The van der Waals surface area contributed by atoms with Gasteiger partial charge in [-0.15, -0.1) is 8.78 Å². The monoisotopic (exact) mass is 444 g/mol. The van der Waals surface area contributed by atoms with Gasteiger partial charge < -0.3 is 20.7 Å². The van der Waals surface area contributed by atoms with E-state index in [-0.39, 0.29) is 22.8 Å². The molecule has 2 heterocycles. The van der Waals surface area contributed by atoms with Gasteiger partial charge in [0, 0.05) is 30.0 Å². The number of alkyl halides is 4. The van der Waals surface area contributed by atoms with Crippen LogP contribution in [0, 0.1) is 0 Å². The normalized spacial score (nSPS) is 16.6. The number of carbonyl (C=O) groups excluding carboxylic acids is 1. The number of ether oxygens (including phenoxy) is 1. The third-order valence-corrected chi connectivity index (χ3v) is 4.47. The van der Waals surface area contributed by atoms with Crippen molar-refractivity contribution in [3.05, 3.63) is 47.7 Å². The largest absolute Gasteiger partial charge is 0.487 e. The van der Waals surface area contributed by atoms with E-state index in [1.807, 2.05) is 0 Å². The summed E-state index contributed by atoms with van der Waals surface area (Å²) in [6.45, 7) is 0.662. The molecule has 1 amide bonds. The van der Waals surface area contributed by atoms with Crippen molar-refractivity contribution in [3.63, 3.8) is 0 Å². The van der Waals surface area contributed by atoms with Crippen LogP contribution in [0.5, 0.6) is 5.75 Å². The predicted octanol–water partition coefficient (Wildman–Crippen LogP) is 3.68. The van der Waals surface area contributed by atoms with E-state index < -0.39 is 17.6 Å². The van der Waals surface area contributed by atoms with Gasteiger partial charge in [-0.25, -0.2) is 9.37 Å². The summed E-state index contributed by atoms with van der Waals surface area (Å²) in [5, 5.41) is 2.60. The van der Waals surface area contributed by atoms with Gasteiger partial charge >= 0.3 is 5.57 Å². The number of pyridine rings is 1. The van der Waals surface area contributed by atoms with Crippen molar-refractivity contribution in [2.75, 3.05) is 23.3 Å². The Balaban J connectivity index is 1.75. The van der Waals surface area contributed by atoms with E-state index in [1.54, 1.807) is 4.90 Å². The molecule has 0 spiro atoms. The maximum Gasteiger partial charge on any atom is 0.487 e. The molecule has 1 aliphatic rings. The Kier molecular flexibility index (Phi) is 6.13. The second kappa shape index (κ2) is 8.42. The Labute approximate surface area is 174 Å². The number of nitrogens with one attached hydrogen (secondary N) is 1. The average Bonchev–Trinajstić information content (AvgIpc) is 3.07. The molecule has 154 valence electrons. The van der Waals surface area contributed by atoms with Crippen molar-refractivity contribution in [2.24, 2.45) is 5.73 Å². The van der Waals surface area contributed by atoms with E-state index in [0.29, 0.717) is 30.0 Å². The van der Waals surface area contributed by atoms with Gasteiger partial charge in [-0.3, -0.25) is 4.79 Å². The van der Waals surface area contributed by atoms with E-state index in [9.17, 15) is 18.0 Å². The first-order chi connectivity index (χ1) is 13.6. The molecule has 0 saturated carbocycles. The van der Waals surface area contributed by atoms with Gasteiger partial charge in [-0.05, 0) is 36.8 Å². The molecule has 1 aromatic heterocycles. The van der Waals surface area contributed by atoms with Gasteiger partial charge in [-0.1, -0.05) is 12.2 Å². The smallest absolute Gasteiger partial charge is 0.420 e. The molecule has 0 unspecified atom stereocenters. The summed E-state index contributed by atoms with van der Waals surface area (Å²) in [7, 11) is 0. The molecule has 1 aromatic carbocycles. The molecular formula is C18H16ClF3N4O2S. The lowest BCUT2D eigenvalue weighted by Gasteiger charge is -2.20. The lowest BCUT2D eigenvalue weighted by Crippen LogP contribution is -2.26. The Morgan fingerprint density at radius 1 is 1.38 bits per heavy atom. The molecule has 11 heteroatoms. The number of carbonyl (C=O) groups is 1. The quantitative estimate of drug-likeness (QED) is 0.522. The van der Waals surface area contributed by atoms with Crippen molar-refractivity contribution >= 4 is 46.2 Å². The molecule has 2 aromatic rings. The van der Waals surface area contributed by atoms with E-state index in [4.69, 9.17) is 29.6 Å². The highest BCUT2D eigenvalue weighted by Crippen LogP contribution is 2.27. The Bertz CT molecular complexity index is 924. The zero-order chi connectivity index (χ0) is 21.2. The van der Waals surface area contributed by atoms with Crippen LogP contribution in [0.3, 0.4) is 0 Å². The van der Waals surface area contributed by atoms with E-state index in [2.05, 4.69) is 15.0 Å². The Hall–Kier alpha value is -2.59. The zero-order valence-electron chi connectivity index (χ0n) is 14.9. The minimum Gasteiger partial charge on any atom is -0.420 e. The zero-order valence-corrected chi connectivity index (χ0v) is 16.4.